The van der Waals surface area contributed by atoms with Crippen LogP contribution in [0.4, 0.5) is 10.1 Å². The predicted molar refractivity (Wildman–Crippen MR) is 91.8 cm³/mol. The number of anilines is 1. The molecule has 0 aliphatic carbocycles. The van der Waals surface area contributed by atoms with Gasteiger partial charge >= 0.3 is 0 Å². The molecule has 1 saturated heterocycles. The summed E-state index contributed by atoms with van der Waals surface area (Å²) < 4.78 is 13.3. The molecule has 2 N–H and O–H groups in total. The summed E-state index contributed by atoms with van der Waals surface area (Å²) in [5.74, 6) is -0.405. The Balaban J connectivity index is 1.71. The fraction of sp³-hybridized carbons (Fsp3) is 0.316. The standard InChI is InChI=1S/C19H21FN2O2/c1-13-5-2-9-17(18(13)23)19(24)22-10-4-8-16(12-22)21-15-7-3-6-14(20)11-15/h2-3,5-7,9,11,16,21,23H,4,8,10,12H2,1H3. The van der Waals surface area contributed by atoms with Crippen molar-refractivity contribution in [2.24, 2.45) is 0 Å². The fourth-order valence-corrected chi connectivity index (χ4v) is 3.10. The van der Waals surface area contributed by atoms with Crippen LogP contribution in [0, 0.1) is 12.7 Å². The van der Waals surface area contributed by atoms with E-state index in [0.29, 0.717) is 29.9 Å². The molecule has 0 spiro atoms. The summed E-state index contributed by atoms with van der Waals surface area (Å²) in [6, 6.07) is 11.6. The number of hydrogen-bond acceptors (Lipinski definition) is 3. The van der Waals surface area contributed by atoms with Crippen LogP contribution in [-0.2, 0) is 0 Å². The van der Waals surface area contributed by atoms with Gasteiger partial charge < -0.3 is 15.3 Å². The molecule has 0 saturated carbocycles. The maximum Gasteiger partial charge on any atom is 0.257 e. The quantitative estimate of drug-likeness (QED) is 0.906. The second-order valence-corrected chi connectivity index (χ2v) is 6.22. The minimum Gasteiger partial charge on any atom is -0.507 e. The number of aromatic hydroxyl groups is 1. The molecular formula is C19H21FN2O2. The average Bonchev–Trinajstić information content (AvgIpc) is 2.57. The first kappa shape index (κ1) is 16.3. The predicted octanol–water partition coefficient (Wildman–Crippen LogP) is 3.56. The Kier molecular flexibility index (Phi) is 4.69. The van der Waals surface area contributed by atoms with Gasteiger partial charge in [0.05, 0.1) is 5.56 Å². The van der Waals surface area contributed by atoms with Gasteiger partial charge in [0.25, 0.3) is 5.91 Å². The van der Waals surface area contributed by atoms with Gasteiger partial charge in [-0.1, -0.05) is 18.2 Å². The molecule has 1 atom stereocenters. The number of likely N-dealkylation sites (tertiary alicyclic amines) is 1. The molecule has 0 bridgehead atoms. The van der Waals surface area contributed by atoms with E-state index in [0.717, 1.165) is 12.8 Å². The maximum absolute atomic E-state index is 13.3. The Morgan fingerprint density at radius 2 is 2.08 bits per heavy atom. The van der Waals surface area contributed by atoms with Crippen molar-refractivity contribution in [3.63, 3.8) is 0 Å². The van der Waals surface area contributed by atoms with E-state index in [4.69, 9.17) is 0 Å². The molecule has 1 unspecified atom stereocenters. The topological polar surface area (TPSA) is 52.6 Å². The molecule has 0 aromatic heterocycles. The highest BCUT2D eigenvalue weighted by molar-refractivity contribution is 5.97. The van der Waals surface area contributed by atoms with Crippen molar-refractivity contribution in [3.05, 3.63) is 59.4 Å². The number of phenolic OH excluding ortho intramolecular Hbond substituents is 1. The highest BCUT2D eigenvalue weighted by Gasteiger charge is 2.26. The molecular weight excluding hydrogens is 307 g/mol. The summed E-state index contributed by atoms with van der Waals surface area (Å²) in [7, 11) is 0. The maximum atomic E-state index is 13.3. The number of nitrogens with one attached hydrogen (secondary N) is 1. The first-order valence-electron chi connectivity index (χ1n) is 8.14. The summed E-state index contributed by atoms with van der Waals surface area (Å²) in [5, 5.41) is 13.4. The molecule has 3 rings (SSSR count). The number of carbonyl (C=O) groups is 1. The van der Waals surface area contributed by atoms with E-state index < -0.39 is 0 Å². The zero-order valence-corrected chi connectivity index (χ0v) is 13.6. The SMILES string of the molecule is Cc1cccc(C(=O)N2CCCC(Nc3cccc(F)c3)C2)c1O. The van der Waals surface area contributed by atoms with Crippen molar-refractivity contribution in [2.45, 2.75) is 25.8 Å². The Morgan fingerprint density at radius 3 is 2.88 bits per heavy atom. The van der Waals surface area contributed by atoms with E-state index in [1.807, 2.05) is 6.07 Å². The molecule has 2 aromatic rings. The lowest BCUT2D eigenvalue weighted by Gasteiger charge is -2.34. The van der Waals surface area contributed by atoms with Crippen molar-refractivity contribution in [1.29, 1.82) is 0 Å². The van der Waals surface area contributed by atoms with Gasteiger partial charge in [0.2, 0.25) is 0 Å². The smallest absolute Gasteiger partial charge is 0.257 e. The van der Waals surface area contributed by atoms with Gasteiger partial charge in [-0.2, -0.15) is 0 Å². The third kappa shape index (κ3) is 3.50. The highest BCUT2D eigenvalue weighted by Crippen LogP contribution is 2.25. The van der Waals surface area contributed by atoms with Gasteiger partial charge in [0.1, 0.15) is 11.6 Å². The number of phenols is 1. The monoisotopic (exact) mass is 328 g/mol. The van der Waals surface area contributed by atoms with Crippen molar-refractivity contribution >= 4 is 11.6 Å². The number of halogens is 1. The number of para-hydroxylation sites is 1. The van der Waals surface area contributed by atoms with Crippen LogP contribution in [0.3, 0.4) is 0 Å². The Morgan fingerprint density at radius 1 is 1.29 bits per heavy atom. The van der Waals surface area contributed by atoms with Gasteiger partial charge in [-0.15, -0.1) is 0 Å². The second kappa shape index (κ2) is 6.91. The van der Waals surface area contributed by atoms with Crippen LogP contribution in [-0.4, -0.2) is 35.0 Å². The molecule has 0 radical (unpaired) electrons. The summed E-state index contributed by atoms with van der Waals surface area (Å²) in [6.07, 6.45) is 1.78. The normalized spacial score (nSPS) is 17.6. The molecule has 1 fully saturated rings. The van der Waals surface area contributed by atoms with Gasteiger partial charge in [0.15, 0.2) is 0 Å². The second-order valence-electron chi connectivity index (χ2n) is 6.22. The zero-order valence-electron chi connectivity index (χ0n) is 13.6. The van der Waals surface area contributed by atoms with E-state index in [9.17, 15) is 14.3 Å². The summed E-state index contributed by atoms with van der Waals surface area (Å²) in [6.45, 7) is 2.97. The minimum atomic E-state index is -0.284. The van der Waals surface area contributed by atoms with E-state index in [-0.39, 0.29) is 23.5 Å². The molecule has 1 amide bonds. The number of aryl methyl sites for hydroxylation is 1. The van der Waals surface area contributed by atoms with Crippen molar-refractivity contribution in [3.8, 4) is 5.75 Å². The van der Waals surface area contributed by atoms with Crippen LogP contribution in [0.5, 0.6) is 5.75 Å². The third-order valence-corrected chi connectivity index (χ3v) is 4.37. The van der Waals surface area contributed by atoms with Crippen LogP contribution in [0.2, 0.25) is 0 Å². The number of benzene rings is 2. The van der Waals surface area contributed by atoms with Crippen LogP contribution in [0.25, 0.3) is 0 Å². The van der Waals surface area contributed by atoms with E-state index in [1.54, 1.807) is 36.1 Å². The average molecular weight is 328 g/mol. The Hall–Kier alpha value is -2.56. The fourth-order valence-electron chi connectivity index (χ4n) is 3.10. The Bertz CT molecular complexity index is 748. The van der Waals surface area contributed by atoms with Crippen LogP contribution >= 0.6 is 0 Å². The van der Waals surface area contributed by atoms with E-state index in [2.05, 4.69) is 5.32 Å². The third-order valence-electron chi connectivity index (χ3n) is 4.37. The van der Waals surface area contributed by atoms with Crippen molar-refractivity contribution < 1.29 is 14.3 Å². The summed E-state index contributed by atoms with van der Waals surface area (Å²) in [4.78, 5) is 14.4. The van der Waals surface area contributed by atoms with Crippen LogP contribution in [0.1, 0.15) is 28.8 Å². The molecule has 1 heterocycles. The molecule has 2 aromatic carbocycles. The van der Waals surface area contributed by atoms with Gasteiger partial charge in [0, 0.05) is 24.8 Å². The lowest BCUT2D eigenvalue weighted by atomic mass is 10.0. The minimum absolute atomic E-state index is 0.0442. The number of rotatable bonds is 3. The zero-order chi connectivity index (χ0) is 17.1. The summed E-state index contributed by atoms with van der Waals surface area (Å²) >= 11 is 0. The van der Waals surface area contributed by atoms with Crippen LogP contribution in [0.15, 0.2) is 42.5 Å². The number of amides is 1. The molecule has 1 aliphatic rings. The van der Waals surface area contributed by atoms with Crippen molar-refractivity contribution in [1.82, 2.24) is 4.90 Å². The number of hydrogen-bond donors (Lipinski definition) is 2. The lowest BCUT2D eigenvalue weighted by molar-refractivity contribution is 0.0711. The molecule has 4 nitrogen and oxygen atoms in total. The Labute approximate surface area is 140 Å². The first-order chi connectivity index (χ1) is 11.5. The highest BCUT2D eigenvalue weighted by atomic mass is 19.1. The van der Waals surface area contributed by atoms with Gasteiger partial charge in [-0.3, -0.25) is 4.79 Å². The number of carbonyl (C=O) groups excluding carboxylic acids is 1. The van der Waals surface area contributed by atoms with Gasteiger partial charge in [-0.05, 0) is 49.6 Å². The summed E-state index contributed by atoms with van der Waals surface area (Å²) in [5.41, 5.74) is 1.74. The molecule has 24 heavy (non-hydrogen) atoms. The first-order valence-corrected chi connectivity index (χ1v) is 8.14. The molecule has 126 valence electrons. The van der Waals surface area contributed by atoms with E-state index >= 15 is 0 Å². The number of piperidine rings is 1. The number of nitrogens with zero attached hydrogens (tertiary/aromatic N) is 1. The molecule has 1 aliphatic heterocycles. The van der Waals surface area contributed by atoms with Gasteiger partial charge in [-0.25, -0.2) is 4.39 Å². The largest absolute Gasteiger partial charge is 0.507 e. The van der Waals surface area contributed by atoms with Crippen LogP contribution < -0.4 is 5.32 Å². The lowest BCUT2D eigenvalue weighted by Crippen LogP contribution is -2.45. The van der Waals surface area contributed by atoms with E-state index in [1.165, 1.54) is 12.1 Å². The molecule has 5 heteroatoms. The van der Waals surface area contributed by atoms with Crippen molar-refractivity contribution in [2.75, 3.05) is 18.4 Å².